The predicted octanol–water partition coefficient (Wildman–Crippen LogP) is 2.93. The number of carbonyl (C=O) groups excluding carboxylic acids is 2. The zero-order valence-corrected chi connectivity index (χ0v) is 14.5. The lowest BCUT2D eigenvalue weighted by atomic mass is 9.90. The molecule has 0 heterocycles. The molecule has 0 aliphatic carbocycles. The maximum absolute atomic E-state index is 11.7. The summed E-state index contributed by atoms with van der Waals surface area (Å²) in [4.78, 5) is 33.7. The van der Waals surface area contributed by atoms with Gasteiger partial charge >= 0.3 is 18.0 Å². The van der Waals surface area contributed by atoms with E-state index in [1.165, 1.54) is 6.92 Å². The quantitative estimate of drug-likeness (QED) is 0.446. The number of ether oxygens (including phenoxy) is 2. The molecule has 7 nitrogen and oxygen atoms in total. The minimum Gasteiger partial charge on any atom is -0.481 e. The van der Waals surface area contributed by atoms with Gasteiger partial charge in [-0.05, 0) is 18.3 Å². The number of nitrogens with one attached hydrogen (secondary N) is 1. The van der Waals surface area contributed by atoms with E-state index in [1.807, 2.05) is 0 Å². The first-order chi connectivity index (χ1) is 10.8. The third-order valence-corrected chi connectivity index (χ3v) is 3.37. The van der Waals surface area contributed by atoms with Gasteiger partial charge in [-0.15, -0.1) is 0 Å². The maximum atomic E-state index is 11.7. The highest BCUT2D eigenvalue weighted by molar-refractivity contribution is 5.70. The topological polar surface area (TPSA) is 102 Å². The predicted molar refractivity (Wildman–Crippen MR) is 84.8 cm³/mol. The lowest BCUT2D eigenvalue weighted by Crippen LogP contribution is -2.34. The SMILES string of the molecule is CCC[C@@H](C)C[C@H](CNC(=O)O[C@@H](C)OC(=O)CC)CC(=O)O. The van der Waals surface area contributed by atoms with Crippen LogP contribution in [-0.4, -0.2) is 36.0 Å². The second-order valence-corrected chi connectivity index (χ2v) is 5.79. The fourth-order valence-electron chi connectivity index (χ4n) is 2.38. The van der Waals surface area contributed by atoms with Crippen molar-refractivity contribution in [2.75, 3.05) is 6.54 Å². The molecular weight excluding hydrogens is 302 g/mol. The minimum atomic E-state index is -0.973. The lowest BCUT2D eigenvalue weighted by molar-refractivity contribution is -0.164. The second kappa shape index (κ2) is 11.7. The Kier molecular flexibility index (Phi) is 10.8. The van der Waals surface area contributed by atoms with Crippen molar-refractivity contribution in [2.45, 2.75) is 66.1 Å². The van der Waals surface area contributed by atoms with Gasteiger partial charge in [0.15, 0.2) is 0 Å². The van der Waals surface area contributed by atoms with Gasteiger partial charge in [-0.2, -0.15) is 0 Å². The number of carboxylic acids is 1. The Morgan fingerprint density at radius 2 is 1.78 bits per heavy atom. The van der Waals surface area contributed by atoms with Gasteiger partial charge in [0.05, 0.1) is 0 Å². The average molecular weight is 331 g/mol. The second-order valence-electron chi connectivity index (χ2n) is 5.79. The normalized spacial score (nSPS) is 14.4. The third kappa shape index (κ3) is 11.4. The van der Waals surface area contributed by atoms with Gasteiger partial charge in [-0.1, -0.05) is 33.6 Å². The Hall–Kier alpha value is -1.79. The Balaban J connectivity index is 4.28. The Morgan fingerprint density at radius 1 is 1.13 bits per heavy atom. The molecule has 0 radical (unpaired) electrons. The fraction of sp³-hybridized carbons (Fsp3) is 0.812. The van der Waals surface area contributed by atoms with Crippen molar-refractivity contribution < 1.29 is 29.0 Å². The number of carboxylic acid groups (broad SMARTS) is 1. The van der Waals surface area contributed by atoms with Gasteiger partial charge in [-0.3, -0.25) is 9.59 Å². The van der Waals surface area contributed by atoms with Crippen LogP contribution in [0.25, 0.3) is 0 Å². The van der Waals surface area contributed by atoms with E-state index in [1.54, 1.807) is 6.92 Å². The van der Waals surface area contributed by atoms with Crippen LogP contribution < -0.4 is 5.32 Å². The minimum absolute atomic E-state index is 0.00525. The summed E-state index contributed by atoms with van der Waals surface area (Å²) in [5.41, 5.74) is 0. The van der Waals surface area contributed by atoms with Crippen molar-refractivity contribution in [3.05, 3.63) is 0 Å². The van der Waals surface area contributed by atoms with Crippen LogP contribution in [0.1, 0.15) is 59.8 Å². The van der Waals surface area contributed by atoms with Crippen LogP contribution in [0.5, 0.6) is 0 Å². The van der Waals surface area contributed by atoms with Gasteiger partial charge < -0.3 is 19.9 Å². The molecule has 0 aromatic heterocycles. The summed E-state index contributed by atoms with van der Waals surface area (Å²) in [6.45, 7) is 7.46. The van der Waals surface area contributed by atoms with Gasteiger partial charge in [0, 0.05) is 26.3 Å². The van der Waals surface area contributed by atoms with Gasteiger partial charge in [0.25, 0.3) is 0 Å². The number of esters is 1. The monoisotopic (exact) mass is 331 g/mol. The van der Waals surface area contributed by atoms with Crippen molar-refractivity contribution in [1.29, 1.82) is 0 Å². The molecule has 0 aliphatic rings. The molecular formula is C16H29NO6. The first-order valence-electron chi connectivity index (χ1n) is 8.14. The van der Waals surface area contributed by atoms with E-state index in [0.29, 0.717) is 5.92 Å². The van der Waals surface area contributed by atoms with E-state index in [9.17, 15) is 14.4 Å². The van der Waals surface area contributed by atoms with Crippen molar-refractivity contribution in [3.8, 4) is 0 Å². The van der Waals surface area contributed by atoms with Gasteiger partial charge in [0.2, 0.25) is 6.29 Å². The summed E-state index contributed by atoms with van der Waals surface area (Å²) >= 11 is 0. The molecule has 0 aromatic rings. The molecule has 0 unspecified atom stereocenters. The van der Waals surface area contributed by atoms with Crippen LogP contribution in [-0.2, 0) is 19.1 Å². The molecule has 0 fully saturated rings. The van der Waals surface area contributed by atoms with Crippen molar-refractivity contribution >= 4 is 18.0 Å². The summed E-state index contributed by atoms with van der Waals surface area (Å²) in [6.07, 6.45) is 1.28. The van der Waals surface area contributed by atoms with E-state index >= 15 is 0 Å². The standard InChI is InChI=1S/C16H29NO6/c1-5-7-11(3)8-13(9-14(18)19)10-17-16(21)23-12(4)22-15(20)6-2/h11-13H,5-10H2,1-4H3,(H,17,21)(H,18,19)/t11-,12+,13+/m1/s1. The van der Waals surface area contributed by atoms with Gasteiger partial charge in [0.1, 0.15) is 0 Å². The highest BCUT2D eigenvalue weighted by Crippen LogP contribution is 2.19. The molecule has 0 saturated heterocycles. The molecule has 0 spiro atoms. The summed E-state index contributed by atoms with van der Waals surface area (Å²) in [6, 6.07) is 0. The Morgan fingerprint density at radius 3 is 2.30 bits per heavy atom. The largest absolute Gasteiger partial charge is 0.481 e. The highest BCUT2D eigenvalue weighted by atomic mass is 16.7. The smallest absolute Gasteiger partial charge is 0.410 e. The summed E-state index contributed by atoms with van der Waals surface area (Å²) < 4.78 is 9.71. The van der Waals surface area contributed by atoms with Crippen molar-refractivity contribution in [3.63, 3.8) is 0 Å². The maximum Gasteiger partial charge on any atom is 0.410 e. The number of amides is 1. The lowest BCUT2D eigenvalue weighted by Gasteiger charge is -2.20. The van der Waals surface area contributed by atoms with E-state index < -0.39 is 24.3 Å². The molecule has 0 aliphatic heterocycles. The van der Waals surface area contributed by atoms with E-state index in [-0.39, 0.29) is 25.3 Å². The number of hydrogen-bond donors (Lipinski definition) is 2. The summed E-state index contributed by atoms with van der Waals surface area (Å²) in [7, 11) is 0. The first-order valence-corrected chi connectivity index (χ1v) is 8.14. The third-order valence-electron chi connectivity index (χ3n) is 3.37. The van der Waals surface area contributed by atoms with Gasteiger partial charge in [-0.25, -0.2) is 4.79 Å². The van der Waals surface area contributed by atoms with Crippen molar-refractivity contribution in [1.82, 2.24) is 5.32 Å². The zero-order chi connectivity index (χ0) is 17.8. The van der Waals surface area contributed by atoms with Crippen LogP contribution in [0.2, 0.25) is 0 Å². The molecule has 0 bridgehead atoms. The summed E-state index contributed by atoms with van der Waals surface area (Å²) in [5, 5.41) is 11.5. The summed E-state index contributed by atoms with van der Waals surface area (Å²) in [5.74, 6) is -1.11. The molecule has 134 valence electrons. The van der Waals surface area contributed by atoms with Crippen LogP contribution >= 0.6 is 0 Å². The Bertz CT molecular complexity index is 385. The average Bonchev–Trinajstić information content (AvgIpc) is 2.44. The molecule has 0 saturated carbocycles. The van der Waals surface area contributed by atoms with Crippen molar-refractivity contribution in [2.24, 2.45) is 11.8 Å². The molecule has 0 aromatic carbocycles. The molecule has 2 N–H and O–H groups in total. The molecule has 0 rings (SSSR count). The molecule has 7 heteroatoms. The van der Waals surface area contributed by atoms with Crippen LogP contribution in [0.3, 0.4) is 0 Å². The number of alkyl carbamates (subject to hydrolysis) is 1. The molecule has 1 amide bonds. The Labute approximate surface area is 137 Å². The fourth-order valence-corrected chi connectivity index (χ4v) is 2.38. The van der Waals surface area contributed by atoms with Crippen LogP contribution in [0, 0.1) is 11.8 Å². The number of carbonyl (C=O) groups is 3. The number of aliphatic carboxylic acids is 1. The number of hydrogen-bond acceptors (Lipinski definition) is 5. The van der Waals surface area contributed by atoms with Crippen LogP contribution in [0.4, 0.5) is 4.79 Å². The first kappa shape index (κ1) is 21.2. The molecule has 23 heavy (non-hydrogen) atoms. The zero-order valence-electron chi connectivity index (χ0n) is 14.5. The van der Waals surface area contributed by atoms with E-state index in [4.69, 9.17) is 14.6 Å². The van der Waals surface area contributed by atoms with E-state index in [2.05, 4.69) is 19.2 Å². The highest BCUT2D eigenvalue weighted by Gasteiger charge is 2.19. The number of rotatable bonds is 11. The van der Waals surface area contributed by atoms with E-state index in [0.717, 1.165) is 19.3 Å². The van der Waals surface area contributed by atoms with Crippen LogP contribution in [0.15, 0.2) is 0 Å². The molecule has 3 atom stereocenters.